The first kappa shape index (κ1) is 16.0. The van der Waals surface area contributed by atoms with E-state index in [9.17, 15) is 4.79 Å². The lowest BCUT2D eigenvalue weighted by Gasteiger charge is -2.27. The molecule has 0 heterocycles. The first-order valence-electron chi connectivity index (χ1n) is 6.24. The van der Waals surface area contributed by atoms with Crippen LogP contribution in [0, 0.1) is 0 Å². The molecule has 1 atom stereocenters. The van der Waals surface area contributed by atoms with Gasteiger partial charge < -0.3 is 21.0 Å². The van der Waals surface area contributed by atoms with E-state index < -0.39 is 11.5 Å². The number of ether oxygens (including phenoxy) is 1. The van der Waals surface area contributed by atoms with Gasteiger partial charge in [-0.05, 0) is 19.4 Å². The van der Waals surface area contributed by atoms with Crippen molar-refractivity contribution in [1.82, 2.24) is 5.32 Å². The summed E-state index contributed by atoms with van der Waals surface area (Å²) in [5, 5.41) is 14.7. The van der Waals surface area contributed by atoms with Crippen LogP contribution in [0.2, 0.25) is 0 Å². The fourth-order valence-electron chi connectivity index (χ4n) is 1.96. The van der Waals surface area contributed by atoms with Crippen LogP contribution in [0.5, 0.6) is 0 Å². The predicted octanol–water partition coefficient (Wildman–Crippen LogP) is 1.06. The number of hydrogen-bond donors (Lipinski definition) is 3. The molecule has 1 amide bonds. The molecule has 4 N–H and O–H groups in total. The minimum atomic E-state index is -0.836. The zero-order valence-corrected chi connectivity index (χ0v) is 12.0. The lowest BCUT2D eigenvalue weighted by molar-refractivity contribution is -0.123. The Bertz CT molecular complexity index is 472. The van der Waals surface area contributed by atoms with E-state index in [0.717, 1.165) is 0 Å². The van der Waals surface area contributed by atoms with Crippen molar-refractivity contribution < 1.29 is 14.7 Å². The molecule has 0 aliphatic heterocycles. The third kappa shape index (κ3) is 4.24. The normalized spacial score (nSPS) is 13.8. The Balaban J connectivity index is 2.99. The molecule has 6 nitrogen and oxygen atoms in total. The van der Waals surface area contributed by atoms with Crippen molar-refractivity contribution in [3.63, 3.8) is 0 Å². The maximum atomic E-state index is 12.4. The van der Waals surface area contributed by atoms with Gasteiger partial charge in [-0.25, -0.2) is 0 Å². The summed E-state index contributed by atoms with van der Waals surface area (Å²) in [6, 6.07) is 8.93. The Kier molecular flexibility index (Phi) is 5.52. The van der Waals surface area contributed by atoms with E-state index >= 15 is 0 Å². The number of nitrogens with zero attached hydrogens (tertiary/aromatic N) is 1. The molecule has 6 heteroatoms. The zero-order chi connectivity index (χ0) is 15.2. The average Bonchev–Trinajstić information content (AvgIpc) is 2.39. The minimum Gasteiger partial charge on any atom is -0.409 e. The Hall–Kier alpha value is -2.08. The highest BCUT2D eigenvalue weighted by molar-refractivity contribution is 6.07. The number of methoxy groups -OCH3 is 1. The zero-order valence-electron chi connectivity index (χ0n) is 12.0. The Morgan fingerprint density at radius 1 is 1.45 bits per heavy atom. The van der Waals surface area contributed by atoms with Gasteiger partial charge in [0, 0.05) is 7.11 Å². The topological polar surface area (TPSA) is 96.9 Å². The summed E-state index contributed by atoms with van der Waals surface area (Å²) in [4.78, 5) is 12.4. The smallest absolute Gasteiger partial charge is 0.235 e. The molecule has 1 aromatic rings. The monoisotopic (exact) mass is 279 g/mol. The van der Waals surface area contributed by atoms with Crippen LogP contribution < -0.4 is 11.1 Å². The lowest BCUT2D eigenvalue weighted by atomic mass is 9.95. The Labute approximate surface area is 118 Å². The first-order valence-corrected chi connectivity index (χ1v) is 6.24. The van der Waals surface area contributed by atoms with Gasteiger partial charge >= 0.3 is 0 Å². The van der Waals surface area contributed by atoms with Crippen LogP contribution >= 0.6 is 0 Å². The predicted molar refractivity (Wildman–Crippen MR) is 76.7 cm³/mol. The van der Waals surface area contributed by atoms with Crippen molar-refractivity contribution in [2.75, 3.05) is 13.7 Å². The van der Waals surface area contributed by atoms with E-state index in [1.54, 1.807) is 31.4 Å². The minimum absolute atomic E-state index is 0.151. The number of amidine groups is 1. The molecule has 0 saturated heterocycles. The molecule has 0 spiro atoms. The van der Waals surface area contributed by atoms with E-state index in [1.165, 1.54) is 0 Å². The summed E-state index contributed by atoms with van der Waals surface area (Å²) >= 11 is 0. The summed E-state index contributed by atoms with van der Waals surface area (Å²) in [6.45, 7) is 4.03. The van der Waals surface area contributed by atoms with Crippen molar-refractivity contribution in [3.05, 3.63) is 35.9 Å². The number of hydrogen-bond acceptors (Lipinski definition) is 4. The fourth-order valence-corrected chi connectivity index (χ4v) is 1.96. The van der Waals surface area contributed by atoms with E-state index in [1.807, 2.05) is 19.9 Å². The van der Waals surface area contributed by atoms with Crippen LogP contribution in [0.4, 0.5) is 0 Å². The van der Waals surface area contributed by atoms with Crippen LogP contribution in [-0.4, -0.2) is 36.2 Å². The molecule has 0 fully saturated rings. The molecule has 0 radical (unpaired) electrons. The summed E-state index contributed by atoms with van der Waals surface area (Å²) in [5.41, 5.74) is 5.76. The Morgan fingerprint density at radius 2 is 2.05 bits per heavy atom. The van der Waals surface area contributed by atoms with Crippen molar-refractivity contribution in [2.24, 2.45) is 10.9 Å². The van der Waals surface area contributed by atoms with Gasteiger partial charge in [-0.2, -0.15) is 0 Å². The highest BCUT2D eigenvalue weighted by Crippen LogP contribution is 2.17. The molecule has 1 rings (SSSR count). The Morgan fingerprint density at radius 3 is 2.55 bits per heavy atom. The van der Waals surface area contributed by atoms with Crippen LogP contribution in [0.3, 0.4) is 0 Å². The second-order valence-corrected chi connectivity index (χ2v) is 5.17. The van der Waals surface area contributed by atoms with Gasteiger partial charge in [0.05, 0.1) is 12.1 Å². The van der Waals surface area contributed by atoms with E-state index in [4.69, 9.17) is 15.7 Å². The van der Waals surface area contributed by atoms with E-state index in [-0.39, 0.29) is 11.7 Å². The second kappa shape index (κ2) is 6.91. The standard InChI is InChI=1S/C14H21N3O3/c1-14(2,9-20-3)16-13(18)11(12(15)17-19)10-7-5-4-6-8-10/h4-8,11,19H,9H2,1-3H3,(H2,15,17)(H,16,18). The third-order valence-electron chi connectivity index (χ3n) is 2.77. The van der Waals surface area contributed by atoms with Gasteiger partial charge in [0.2, 0.25) is 5.91 Å². The van der Waals surface area contributed by atoms with Gasteiger partial charge in [-0.15, -0.1) is 0 Å². The lowest BCUT2D eigenvalue weighted by Crippen LogP contribution is -2.50. The number of nitrogens with two attached hydrogens (primary N) is 1. The molecule has 0 aliphatic carbocycles. The first-order chi connectivity index (χ1) is 9.41. The van der Waals surface area contributed by atoms with Gasteiger partial charge in [0.25, 0.3) is 0 Å². The number of rotatable bonds is 6. The maximum Gasteiger partial charge on any atom is 0.235 e. The van der Waals surface area contributed by atoms with Crippen molar-refractivity contribution in [2.45, 2.75) is 25.3 Å². The molecule has 0 saturated carbocycles. The van der Waals surface area contributed by atoms with Gasteiger partial charge in [-0.3, -0.25) is 4.79 Å². The fraction of sp³-hybridized carbons (Fsp3) is 0.429. The third-order valence-corrected chi connectivity index (χ3v) is 2.77. The van der Waals surface area contributed by atoms with Crippen LogP contribution in [0.1, 0.15) is 25.3 Å². The van der Waals surface area contributed by atoms with Crippen molar-refractivity contribution in [1.29, 1.82) is 0 Å². The number of amides is 1. The van der Waals surface area contributed by atoms with Gasteiger partial charge in [-0.1, -0.05) is 35.5 Å². The van der Waals surface area contributed by atoms with Gasteiger partial charge in [0.15, 0.2) is 5.84 Å². The van der Waals surface area contributed by atoms with Crippen molar-refractivity contribution >= 4 is 11.7 Å². The molecule has 1 unspecified atom stereocenters. The summed E-state index contributed by atoms with van der Waals surface area (Å²) < 4.78 is 5.05. The molecule has 0 aromatic heterocycles. The summed E-state index contributed by atoms with van der Waals surface area (Å²) in [7, 11) is 1.56. The van der Waals surface area contributed by atoms with Crippen LogP contribution in [0.15, 0.2) is 35.5 Å². The van der Waals surface area contributed by atoms with Gasteiger partial charge in [0.1, 0.15) is 5.92 Å². The quantitative estimate of drug-likeness (QED) is 0.314. The number of oxime groups is 1. The highest BCUT2D eigenvalue weighted by Gasteiger charge is 2.29. The summed E-state index contributed by atoms with van der Waals surface area (Å²) in [5.74, 6) is -1.33. The molecular formula is C14H21N3O3. The molecule has 110 valence electrons. The van der Waals surface area contributed by atoms with E-state index in [0.29, 0.717) is 12.2 Å². The SMILES string of the molecule is COCC(C)(C)NC(=O)C(/C(N)=N/O)c1ccccc1. The number of carbonyl (C=O) groups excluding carboxylic acids is 1. The molecule has 1 aromatic carbocycles. The number of nitrogens with one attached hydrogen (secondary N) is 1. The highest BCUT2D eigenvalue weighted by atomic mass is 16.5. The molecular weight excluding hydrogens is 258 g/mol. The average molecular weight is 279 g/mol. The van der Waals surface area contributed by atoms with Crippen LogP contribution in [0.25, 0.3) is 0 Å². The number of benzene rings is 1. The molecule has 0 aliphatic rings. The molecule has 0 bridgehead atoms. The van der Waals surface area contributed by atoms with E-state index in [2.05, 4.69) is 10.5 Å². The largest absolute Gasteiger partial charge is 0.409 e. The molecule has 20 heavy (non-hydrogen) atoms. The second-order valence-electron chi connectivity index (χ2n) is 5.17. The maximum absolute atomic E-state index is 12.4. The van der Waals surface area contributed by atoms with Crippen LogP contribution in [-0.2, 0) is 9.53 Å². The summed E-state index contributed by atoms with van der Waals surface area (Å²) in [6.07, 6.45) is 0. The number of carbonyl (C=O) groups is 1. The van der Waals surface area contributed by atoms with Crippen molar-refractivity contribution in [3.8, 4) is 0 Å².